The average Bonchev–Trinajstić information content (AvgIpc) is 3.59. The number of pyridine rings is 1. The number of hydrogen-bond donors (Lipinski definition) is 1. The molecule has 1 fully saturated rings. The van der Waals surface area contributed by atoms with Crippen molar-refractivity contribution in [2.24, 2.45) is 5.92 Å². The average molecular weight is 775 g/mol. The Morgan fingerprint density at radius 2 is 1.71 bits per heavy atom. The van der Waals surface area contributed by atoms with Crippen molar-refractivity contribution in [1.82, 2.24) is 9.97 Å². The van der Waals surface area contributed by atoms with Gasteiger partial charge in [-0.05, 0) is 144 Å². The number of carbonyl (C=O) groups excluding carboxylic acids is 3. The summed E-state index contributed by atoms with van der Waals surface area (Å²) in [6.07, 6.45) is 6.12. The lowest BCUT2D eigenvalue weighted by Gasteiger charge is -2.31. The quantitative estimate of drug-likeness (QED) is 0.131. The van der Waals surface area contributed by atoms with E-state index in [1.807, 2.05) is 101 Å². The normalized spacial score (nSPS) is 16.9. The number of hydrogen-bond acceptors (Lipinski definition) is 10. The molecule has 5 aromatic rings. The summed E-state index contributed by atoms with van der Waals surface area (Å²) in [4.78, 5) is 51.0. The molecule has 0 bridgehead atoms. The molecule has 3 aromatic carbocycles. The highest BCUT2D eigenvalue weighted by Gasteiger charge is 2.28. The van der Waals surface area contributed by atoms with Gasteiger partial charge in [0.2, 0.25) is 0 Å². The summed E-state index contributed by atoms with van der Waals surface area (Å²) >= 11 is 1.45. The Morgan fingerprint density at radius 3 is 2.46 bits per heavy atom. The number of rotatable bonds is 11. The SMILES string of the molecule is CCOC(=O)CCC1CCC(Oc2ccc(-c3ccc(N4CCc5cccc(C(=O)Nc6nc7ccccc7s6)c5C4)nc3C(=O)OC(C)(C)C)c(C)c2)CC1. The largest absolute Gasteiger partial charge is 0.490 e. The number of fused-ring (bicyclic) bond motifs is 2. The molecule has 11 heteroatoms. The Bertz CT molecular complexity index is 2200. The number of amides is 1. The monoisotopic (exact) mass is 774 g/mol. The van der Waals surface area contributed by atoms with Gasteiger partial charge in [0.05, 0.1) is 22.9 Å². The fourth-order valence-corrected chi connectivity index (χ4v) is 8.56. The molecule has 2 aromatic heterocycles. The van der Waals surface area contributed by atoms with Crippen molar-refractivity contribution in [2.75, 3.05) is 23.4 Å². The Kier molecular flexibility index (Phi) is 11.7. The van der Waals surface area contributed by atoms with Crippen LogP contribution in [0.3, 0.4) is 0 Å². The Labute approximate surface area is 332 Å². The molecule has 1 N–H and O–H groups in total. The molecule has 1 amide bonds. The van der Waals surface area contributed by atoms with Crippen LogP contribution >= 0.6 is 11.3 Å². The van der Waals surface area contributed by atoms with Crippen LogP contribution in [-0.4, -0.2) is 52.7 Å². The first kappa shape index (κ1) is 39.0. The van der Waals surface area contributed by atoms with Gasteiger partial charge in [-0.2, -0.15) is 0 Å². The molecule has 0 unspecified atom stereocenters. The van der Waals surface area contributed by atoms with E-state index in [1.54, 1.807) is 0 Å². The Morgan fingerprint density at radius 1 is 0.929 bits per heavy atom. The number of aryl methyl sites for hydroxylation is 1. The topological polar surface area (TPSA) is 120 Å². The number of thiazole rings is 1. The zero-order valence-electron chi connectivity index (χ0n) is 32.9. The number of esters is 2. The zero-order valence-corrected chi connectivity index (χ0v) is 33.7. The van der Waals surface area contributed by atoms with E-state index in [0.29, 0.717) is 54.1 Å². The summed E-state index contributed by atoms with van der Waals surface area (Å²) in [5.74, 6) is 1.12. The highest BCUT2D eigenvalue weighted by Crippen LogP contribution is 2.36. The molecule has 7 rings (SSSR count). The number of carbonyl (C=O) groups is 3. The van der Waals surface area contributed by atoms with Crippen LogP contribution in [0.1, 0.15) is 104 Å². The highest BCUT2D eigenvalue weighted by molar-refractivity contribution is 7.22. The van der Waals surface area contributed by atoms with Gasteiger partial charge in [0.15, 0.2) is 10.8 Å². The summed E-state index contributed by atoms with van der Waals surface area (Å²) in [5.41, 5.74) is 5.52. The van der Waals surface area contributed by atoms with Crippen LogP contribution in [0.15, 0.2) is 72.8 Å². The minimum atomic E-state index is -0.716. The second-order valence-electron chi connectivity index (χ2n) is 15.7. The summed E-state index contributed by atoms with van der Waals surface area (Å²) < 4.78 is 18.5. The number of anilines is 2. The molecule has 1 aliphatic carbocycles. The van der Waals surface area contributed by atoms with Crippen molar-refractivity contribution < 1.29 is 28.6 Å². The van der Waals surface area contributed by atoms with Crippen molar-refractivity contribution in [3.05, 3.63) is 101 Å². The molecule has 2 aliphatic rings. The standard InChI is InChI=1S/C45H50N4O6S/c1-6-53-40(50)23-16-29-14-17-31(18-15-29)54-32-19-20-33(28(2)26-32)34-21-22-39(47-41(34)43(52)55-45(3,4)5)49-25-24-30-10-9-11-35(36(30)27-49)42(51)48-44-46-37-12-7-8-13-38(37)56-44/h7-13,19-22,26,29,31H,6,14-18,23-25,27H2,1-5H3,(H,46,48,51). The van der Waals surface area contributed by atoms with Crippen molar-refractivity contribution >= 4 is 50.3 Å². The molecule has 1 aliphatic heterocycles. The number of para-hydroxylation sites is 1. The van der Waals surface area contributed by atoms with E-state index in [-0.39, 0.29) is 23.7 Å². The molecular formula is C45H50N4O6S. The third-order valence-corrected chi connectivity index (χ3v) is 11.4. The first-order valence-electron chi connectivity index (χ1n) is 19.6. The van der Waals surface area contributed by atoms with E-state index in [4.69, 9.17) is 19.2 Å². The van der Waals surface area contributed by atoms with Gasteiger partial charge < -0.3 is 19.1 Å². The summed E-state index contributed by atoms with van der Waals surface area (Å²) in [7, 11) is 0. The van der Waals surface area contributed by atoms with Gasteiger partial charge in [0.1, 0.15) is 17.2 Å². The molecule has 0 atom stereocenters. The maximum absolute atomic E-state index is 13.8. The third-order valence-electron chi connectivity index (χ3n) is 10.5. The summed E-state index contributed by atoms with van der Waals surface area (Å²) in [6, 6.07) is 23.5. The summed E-state index contributed by atoms with van der Waals surface area (Å²) in [6.45, 7) is 11.0. The lowest BCUT2D eigenvalue weighted by molar-refractivity contribution is -0.143. The Hall–Kier alpha value is -5.29. The number of nitrogens with zero attached hydrogens (tertiary/aromatic N) is 3. The van der Waals surface area contributed by atoms with Crippen LogP contribution in [0.2, 0.25) is 0 Å². The minimum absolute atomic E-state index is 0.115. The van der Waals surface area contributed by atoms with Crippen molar-refractivity contribution in [3.63, 3.8) is 0 Å². The van der Waals surface area contributed by atoms with E-state index in [1.165, 1.54) is 11.3 Å². The van der Waals surface area contributed by atoms with Crippen molar-refractivity contribution in [3.8, 4) is 16.9 Å². The zero-order chi connectivity index (χ0) is 39.4. The van der Waals surface area contributed by atoms with Crippen LogP contribution in [0, 0.1) is 12.8 Å². The molecular weight excluding hydrogens is 725 g/mol. The van der Waals surface area contributed by atoms with Gasteiger partial charge in [0.25, 0.3) is 5.91 Å². The molecule has 292 valence electrons. The smallest absolute Gasteiger partial charge is 0.358 e. The van der Waals surface area contributed by atoms with Crippen LogP contribution in [0.5, 0.6) is 5.75 Å². The predicted molar refractivity (Wildman–Crippen MR) is 221 cm³/mol. The lowest BCUT2D eigenvalue weighted by Crippen LogP contribution is -2.33. The van der Waals surface area contributed by atoms with Gasteiger partial charge >= 0.3 is 11.9 Å². The minimum Gasteiger partial charge on any atom is -0.490 e. The molecule has 56 heavy (non-hydrogen) atoms. The van der Waals surface area contributed by atoms with Gasteiger partial charge in [-0.25, -0.2) is 14.8 Å². The number of aromatic nitrogens is 2. The van der Waals surface area contributed by atoms with E-state index in [0.717, 1.165) is 76.7 Å². The maximum Gasteiger partial charge on any atom is 0.358 e. The lowest BCUT2D eigenvalue weighted by atomic mass is 9.84. The van der Waals surface area contributed by atoms with Crippen LogP contribution in [0.25, 0.3) is 21.3 Å². The van der Waals surface area contributed by atoms with Gasteiger partial charge in [0, 0.05) is 30.6 Å². The van der Waals surface area contributed by atoms with E-state index < -0.39 is 11.6 Å². The molecule has 0 spiro atoms. The first-order chi connectivity index (χ1) is 26.9. The predicted octanol–water partition coefficient (Wildman–Crippen LogP) is 9.72. The second-order valence-corrected chi connectivity index (χ2v) is 16.7. The fraction of sp³-hybridized carbons (Fsp3) is 0.400. The number of benzene rings is 3. The van der Waals surface area contributed by atoms with Gasteiger partial charge in [-0.15, -0.1) is 0 Å². The second kappa shape index (κ2) is 16.8. The van der Waals surface area contributed by atoms with E-state index >= 15 is 0 Å². The Balaban J connectivity index is 1.08. The number of nitrogens with one attached hydrogen (secondary N) is 1. The first-order valence-corrected chi connectivity index (χ1v) is 20.5. The summed E-state index contributed by atoms with van der Waals surface area (Å²) in [5, 5.41) is 3.58. The molecule has 3 heterocycles. The van der Waals surface area contributed by atoms with Crippen molar-refractivity contribution in [2.45, 2.75) is 97.8 Å². The number of ether oxygens (including phenoxy) is 3. The van der Waals surface area contributed by atoms with E-state index in [2.05, 4.69) is 21.3 Å². The molecule has 0 saturated heterocycles. The molecule has 1 saturated carbocycles. The fourth-order valence-electron chi connectivity index (χ4n) is 7.70. The van der Waals surface area contributed by atoms with E-state index in [9.17, 15) is 14.4 Å². The van der Waals surface area contributed by atoms with Gasteiger partial charge in [-0.1, -0.05) is 41.7 Å². The molecule has 0 radical (unpaired) electrons. The third kappa shape index (κ3) is 9.21. The maximum atomic E-state index is 13.8. The highest BCUT2D eigenvalue weighted by atomic mass is 32.1. The van der Waals surface area contributed by atoms with Crippen molar-refractivity contribution in [1.29, 1.82) is 0 Å². The van der Waals surface area contributed by atoms with Crippen LogP contribution < -0.4 is 15.0 Å². The van der Waals surface area contributed by atoms with Crippen LogP contribution in [-0.2, 0) is 27.2 Å². The van der Waals surface area contributed by atoms with Crippen LogP contribution in [0.4, 0.5) is 10.9 Å². The van der Waals surface area contributed by atoms with Gasteiger partial charge in [-0.3, -0.25) is 14.9 Å². The molecule has 10 nitrogen and oxygen atoms in total.